The van der Waals surface area contributed by atoms with Crippen LogP contribution >= 0.6 is 0 Å². The number of carbonyl (C=O) groups is 1. The van der Waals surface area contributed by atoms with E-state index in [1.54, 1.807) is 7.11 Å². The molecule has 8 nitrogen and oxygen atoms in total. The summed E-state index contributed by atoms with van der Waals surface area (Å²) >= 11 is 0. The Labute approximate surface area is 167 Å². The summed E-state index contributed by atoms with van der Waals surface area (Å²) < 4.78 is 32.9. The number of amides is 1. The molecule has 1 aromatic carbocycles. The first-order valence-electron chi connectivity index (χ1n) is 9.69. The van der Waals surface area contributed by atoms with E-state index in [4.69, 9.17) is 4.74 Å². The third-order valence-electron chi connectivity index (χ3n) is 5.54. The van der Waals surface area contributed by atoms with Crippen molar-refractivity contribution in [2.75, 3.05) is 65.4 Å². The molecule has 0 aliphatic carbocycles. The lowest BCUT2D eigenvalue weighted by atomic mass is 9.97. The number of ether oxygens (including phenoxy) is 1. The molecule has 2 saturated heterocycles. The quantitative estimate of drug-likeness (QED) is 0.720. The minimum Gasteiger partial charge on any atom is -0.495 e. The van der Waals surface area contributed by atoms with E-state index in [1.807, 2.05) is 29.2 Å². The van der Waals surface area contributed by atoms with Gasteiger partial charge in [-0.2, -0.15) is 17.0 Å². The molecular weight excluding hydrogens is 380 g/mol. The van der Waals surface area contributed by atoms with E-state index in [0.29, 0.717) is 26.1 Å². The van der Waals surface area contributed by atoms with Crippen molar-refractivity contribution in [2.24, 2.45) is 5.92 Å². The predicted octanol–water partition coefficient (Wildman–Crippen LogP) is 0.862. The first-order chi connectivity index (χ1) is 13.3. The lowest BCUT2D eigenvalue weighted by Gasteiger charge is -2.40. The molecule has 0 N–H and O–H groups in total. The second-order valence-corrected chi connectivity index (χ2v) is 9.61. The number of hydrogen-bond donors (Lipinski definition) is 0. The number of piperazine rings is 1. The molecule has 0 aromatic heterocycles. The monoisotopic (exact) mass is 410 g/mol. The molecule has 1 unspecified atom stereocenters. The molecule has 2 aliphatic rings. The van der Waals surface area contributed by atoms with Crippen LogP contribution in [0.25, 0.3) is 0 Å². The van der Waals surface area contributed by atoms with Gasteiger partial charge in [0.2, 0.25) is 5.91 Å². The molecule has 0 saturated carbocycles. The van der Waals surface area contributed by atoms with Gasteiger partial charge in [-0.1, -0.05) is 12.1 Å². The van der Waals surface area contributed by atoms with Crippen molar-refractivity contribution in [2.45, 2.75) is 12.8 Å². The highest BCUT2D eigenvalue weighted by Crippen LogP contribution is 2.29. The highest BCUT2D eigenvalue weighted by atomic mass is 32.2. The lowest BCUT2D eigenvalue weighted by molar-refractivity contribution is -0.137. The molecule has 28 heavy (non-hydrogen) atoms. The van der Waals surface area contributed by atoms with Gasteiger partial charge in [-0.05, 0) is 25.0 Å². The number of anilines is 1. The number of methoxy groups -OCH3 is 1. The fourth-order valence-electron chi connectivity index (χ4n) is 3.90. The Bertz CT molecular complexity index is 791. The number of nitrogens with zero attached hydrogens (tertiary/aromatic N) is 4. The normalized spacial score (nSPS) is 21.8. The summed E-state index contributed by atoms with van der Waals surface area (Å²) in [5.41, 5.74) is 1.04. The number of hydrogen-bond acceptors (Lipinski definition) is 5. The molecule has 3 rings (SSSR count). The molecule has 0 bridgehead atoms. The summed E-state index contributed by atoms with van der Waals surface area (Å²) in [6.45, 7) is 3.48. The highest BCUT2D eigenvalue weighted by Gasteiger charge is 2.36. The zero-order valence-corrected chi connectivity index (χ0v) is 17.7. The SMILES string of the molecule is COc1ccccc1N1CCN(C(=O)C2CCCN(S(=O)(=O)N(C)C)C2)CC1. The second-order valence-electron chi connectivity index (χ2n) is 7.47. The molecule has 1 amide bonds. The molecule has 0 radical (unpaired) electrons. The highest BCUT2D eigenvalue weighted by molar-refractivity contribution is 7.86. The van der Waals surface area contributed by atoms with Gasteiger partial charge in [0.15, 0.2) is 0 Å². The molecule has 2 aliphatic heterocycles. The average Bonchev–Trinajstić information content (AvgIpc) is 2.73. The van der Waals surface area contributed by atoms with Gasteiger partial charge in [0, 0.05) is 53.4 Å². The predicted molar refractivity (Wildman–Crippen MR) is 109 cm³/mol. The fraction of sp³-hybridized carbons (Fsp3) is 0.632. The summed E-state index contributed by atoms with van der Waals surface area (Å²) in [5, 5.41) is 0. The van der Waals surface area contributed by atoms with Gasteiger partial charge in [0.05, 0.1) is 18.7 Å². The topological polar surface area (TPSA) is 73.4 Å². The van der Waals surface area contributed by atoms with Crippen molar-refractivity contribution < 1.29 is 17.9 Å². The maximum atomic E-state index is 13.0. The standard InChI is InChI=1S/C19H30N4O4S/c1-20(2)28(25,26)23-10-6-7-16(15-23)19(24)22-13-11-21(12-14-22)17-8-4-5-9-18(17)27-3/h4-5,8-9,16H,6-7,10-15H2,1-3H3. The zero-order valence-electron chi connectivity index (χ0n) is 16.9. The zero-order chi connectivity index (χ0) is 20.3. The van der Waals surface area contributed by atoms with Crippen molar-refractivity contribution in [3.8, 4) is 5.75 Å². The number of piperidine rings is 1. The second kappa shape index (κ2) is 8.67. The first kappa shape index (κ1) is 20.9. The largest absolute Gasteiger partial charge is 0.495 e. The van der Waals surface area contributed by atoms with Crippen LogP contribution in [0.15, 0.2) is 24.3 Å². The minimum atomic E-state index is -3.48. The Hall–Kier alpha value is -1.84. The third-order valence-corrected chi connectivity index (χ3v) is 7.45. The molecule has 1 atom stereocenters. The van der Waals surface area contributed by atoms with Crippen LogP contribution in [0.5, 0.6) is 5.75 Å². The molecule has 156 valence electrons. The summed E-state index contributed by atoms with van der Waals surface area (Å²) in [5.74, 6) is 0.638. The Morgan fingerprint density at radius 1 is 1.11 bits per heavy atom. The summed E-state index contributed by atoms with van der Waals surface area (Å²) in [6, 6.07) is 7.89. The van der Waals surface area contributed by atoms with Crippen LogP contribution in [0.4, 0.5) is 5.69 Å². The molecule has 0 spiro atoms. The minimum absolute atomic E-state index is 0.0679. The maximum Gasteiger partial charge on any atom is 0.281 e. The Balaban J connectivity index is 1.61. The van der Waals surface area contributed by atoms with Crippen molar-refractivity contribution in [3.05, 3.63) is 24.3 Å². The van der Waals surface area contributed by atoms with E-state index < -0.39 is 10.2 Å². The first-order valence-corrected chi connectivity index (χ1v) is 11.1. The van der Waals surface area contributed by atoms with Crippen molar-refractivity contribution in [1.29, 1.82) is 0 Å². The molecule has 1 aromatic rings. The Morgan fingerprint density at radius 3 is 2.43 bits per heavy atom. The molecule has 2 fully saturated rings. The number of carbonyl (C=O) groups excluding carboxylic acids is 1. The van der Waals surface area contributed by atoms with Crippen LogP contribution in [0, 0.1) is 5.92 Å². The lowest BCUT2D eigenvalue weighted by Crippen LogP contribution is -2.54. The van der Waals surface area contributed by atoms with E-state index in [9.17, 15) is 13.2 Å². The van der Waals surface area contributed by atoms with Gasteiger partial charge in [0.1, 0.15) is 5.75 Å². The molecule has 9 heteroatoms. The van der Waals surface area contributed by atoms with E-state index in [2.05, 4.69) is 4.90 Å². The van der Waals surface area contributed by atoms with Gasteiger partial charge < -0.3 is 14.5 Å². The van der Waals surface area contributed by atoms with Crippen LogP contribution in [-0.2, 0) is 15.0 Å². The smallest absolute Gasteiger partial charge is 0.281 e. The van der Waals surface area contributed by atoms with Crippen LogP contribution in [0.1, 0.15) is 12.8 Å². The van der Waals surface area contributed by atoms with Gasteiger partial charge in [-0.25, -0.2) is 0 Å². The van der Waals surface area contributed by atoms with Gasteiger partial charge in [0.25, 0.3) is 10.2 Å². The Morgan fingerprint density at radius 2 is 1.79 bits per heavy atom. The average molecular weight is 411 g/mol. The van der Waals surface area contributed by atoms with Crippen LogP contribution in [0.3, 0.4) is 0 Å². The van der Waals surface area contributed by atoms with Crippen LogP contribution in [0.2, 0.25) is 0 Å². The van der Waals surface area contributed by atoms with Crippen LogP contribution in [-0.4, -0.2) is 88.3 Å². The van der Waals surface area contributed by atoms with Gasteiger partial charge >= 0.3 is 0 Å². The van der Waals surface area contributed by atoms with E-state index >= 15 is 0 Å². The van der Waals surface area contributed by atoms with E-state index in [1.165, 1.54) is 22.7 Å². The number of benzene rings is 1. The van der Waals surface area contributed by atoms with Crippen molar-refractivity contribution in [3.63, 3.8) is 0 Å². The number of rotatable bonds is 5. The summed E-state index contributed by atoms with van der Waals surface area (Å²) in [4.78, 5) is 17.1. The maximum absolute atomic E-state index is 13.0. The van der Waals surface area contributed by atoms with Crippen LogP contribution < -0.4 is 9.64 Å². The summed E-state index contributed by atoms with van der Waals surface area (Å²) in [7, 11) is 1.24. The van der Waals surface area contributed by atoms with Crippen molar-refractivity contribution in [1.82, 2.24) is 13.5 Å². The Kier molecular flexibility index (Phi) is 6.47. The van der Waals surface area contributed by atoms with Crippen molar-refractivity contribution >= 4 is 21.8 Å². The fourth-order valence-corrected chi connectivity index (χ4v) is 5.09. The van der Waals surface area contributed by atoms with Gasteiger partial charge in [-0.15, -0.1) is 0 Å². The molecular formula is C19H30N4O4S. The van der Waals surface area contributed by atoms with Gasteiger partial charge in [-0.3, -0.25) is 4.79 Å². The van der Waals surface area contributed by atoms with E-state index in [-0.39, 0.29) is 18.4 Å². The number of para-hydroxylation sites is 2. The van der Waals surface area contributed by atoms with E-state index in [0.717, 1.165) is 30.9 Å². The summed E-state index contributed by atoms with van der Waals surface area (Å²) in [6.07, 6.45) is 1.45. The molecule has 2 heterocycles. The third kappa shape index (κ3) is 4.26.